The number of primary amides is 1. The lowest BCUT2D eigenvalue weighted by Gasteiger charge is -2.11. The number of carbonyl (C=O) groups excluding carboxylic acids is 1. The highest BCUT2D eigenvalue weighted by atomic mass is 16.1. The Morgan fingerprint density at radius 1 is 1.00 bits per heavy atom. The lowest BCUT2D eigenvalue weighted by atomic mass is 9.95. The van der Waals surface area contributed by atoms with Crippen molar-refractivity contribution in [3.8, 4) is 0 Å². The molecule has 0 aromatic carbocycles. The van der Waals surface area contributed by atoms with Crippen LogP contribution in [0, 0.1) is 12.8 Å². The Balaban J connectivity index is 3.33. The molecular weight excluding hydrogens is 210 g/mol. The van der Waals surface area contributed by atoms with Crippen LogP contribution in [0.15, 0.2) is 0 Å². The maximum atomic E-state index is 11.1. The molecule has 0 rings (SSSR count). The summed E-state index contributed by atoms with van der Waals surface area (Å²) in [6.45, 7) is 6.03. The highest BCUT2D eigenvalue weighted by Gasteiger charge is 2.12. The van der Waals surface area contributed by atoms with Gasteiger partial charge in [-0.1, -0.05) is 71.6 Å². The van der Waals surface area contributed by atoms with Crippen molar-refractivity contribution in [3.05, 3.63) is 6.92 Å². The van der Waals surface area contributed by atoms with Gasteiger partial charge in [0.15, 0.2) is 0 Å². The largest absolute Gasteiger partial charge is 0.369 e. The van der Waals surface area contributed by atoms with Gasteiger partial charge in [0.05, 0.1) is 0 Å². The molecule has 1 radical (unpaired) electrons. The van der Waals surface area contributed by atoms with E-state index in [0.717, 1.165) is 25.7 Å². The summed E-state index contributed by atoms with van der Waals surface area (Å²) in [5.41, 5.74) is 5.35. The fourth-order valence-electron chi connectivity index (χ4n) is 2.20. The van der Waals surface area contributed by atoms with E-state index in [4.69, 9.17) is 5.73 Å². The molecule has 2 heteroatoms. The molecule has 1 atom stereocenters. The van der Waals surface area contributed by atoms with Crippen molar-refractivity contribution in [2.45, 2.75) is 77.6 Å². The highest BCUT2D eigenvalue weighted by Crippen LogP contribution is 2.16. The van der Waals surface area contributed by atoms with Crippen molar-refractivity contribution in [1.29, 1.82) is 0 Å². The van der Waals surface area contributed by atoms with Gasteiger partial charge in [0.1, 0.15) is 0 Å². The molecule has 17 heavy (non-hydrogen) atoms. The summed E-state index contributed by atoms with van der Waals surface area (Å²) in [6.07, 6.45) is 13.1. The minimum absolute atomic E-state index is 0.0626. The number of hydrogen-bond acceptors (Lipinski definition) is 1. The topological polar surface area (TPSA) is 43.1 Å². The van der Waals surface area contributed by atoms with Gasteiger partial charge >= 0.3 is 0 Å². The first-order chi connectivity index (χ1) is 8.22. The summed E-state index contributed by atoms with van der Waals surface area (Å²) < 4.78 is 0. The van der Waals surface area contributed by atoms with Gasteiger partial charge in [-0.25, -0.2) is 0 Å². The molecule has 101 valence electrons. The smallest absolute Gasteiger partial charge is 0.220 e. The van der Waals surface area contributed by atoms with E-state index in [0.29, 0.717) is 0 Å². The van der Waals surface area contributed by atoms with E-state index in [1.807, 2.05) is 0 Å². The zero-order valence-electron chi connectivity index (χ0n) is 11.5. The monoisotopic (exact) mass is 240 g/mol. The van der Waals surface area contributed by atoms with Gasteiger partial charge in [-0.15, -0.1) is 0 Å². The van der Waals surface area contributed by atoms with E-state index in [-0.39, 0.29) is 11.8 Å². The van der Waals surface area contributed by atoms with Crippen LogP contribution in [0.5, 0.6) is 0 Å². The first kappa shape index (κ1) is 16.5. The molecule has 2 nitrogen and oxygen atoms in total. The van der Waals surface area contributed by atoms with Crippen LogP contribution in [0.2, 0.25) is 0 Å². The molecule has 0 saturated carbocycles. The zero-order chi connectivity index (χ0) is 12.9. The minimum Gasteiger partial charge on any atom is -0.369 e. The maximum absolute atomic E-state index is 11.1. The third kappa shape index (κ3) is 10.3. The van der Waals surface area contributed by atoms with Crippen molar-refractivity contribution < 1.29 is 4.79 Å². The Bertz CT molecular complexity index is 180. The standard InChI is InChI=1S/C15H30NO/c1-3-5-6-7-8-9-10-11-13-14(12-4-2)15(16)17/h14H,2-13H2,1H3,(H2,16,17). The highest BCUT2D eigenvalue weighted by molar-refractivity contribution is 5.76. The van der Waals surface area contributed by atoms with Crippen LogP contribution in [-0.2, 0) is 4.79 Å². The second-order valence-corrected chi connectivity index (χ2v) is 5.01. The first-order valence-corrected chi connectivity index (χ1v) is 7.31. The molecule has 0 fully saturated rings. The molecule has 2 N–H and O–H groups in total. The molecule has 1 unspecified atom stereocenters. The summed E-state index contributed by atoms with van der Waals surface area (Å²) in [5.74, 6) is -0.0795. The summed E-state index contributed by atoms with van der Waals surface area (Å²) >= 11 is 0. The van der Waals surface area contributed by atoms with E-state index < -0.39 is 0 Å². The summed E-state index contributed by atoms with van der Waals surface area (Å²) in [6, 6.07) is 0. The number of hydrogen-bond donors (Lipinski definition) is 1. The van der Waals surface area contributed by atoms with E-state index >= 15 is 0 Å². The van der Waals surface area contributed by atoms with Crippen LogP contribution in [0.1, 0.15) is 77.6 Å². The molecular formula is C15H30NO. The Hall–Kier alpha value is -0.530. The van der Waals surface area contributed by atoms with E-state index in [1.165, 1.54) is 44.9 Å². The van der Waals surface area contributed by atoms with E-state index in [9.17, 15) is 4.79 Å². The van der Waals surface area contributed by atoms with E-state index in [2.05, 4.69) is 13.8 Å². The third-order valence-corrected chi connectivity index (χ3v) is 3.36. The number of carbonyl (C=O) groups is 1. The Labute approximate surface area is 107 Å². The molecule has 0 aliphatic rings. The van der Waals surface area contributed by atoms with Gasteiger partial charge in [0.2, 0.25) is 5.91 Å². The van der Waals surface area contributed by atoms with Crippen LogP contribution in [0.4, 0.5) is 0 Å². The van der Waals surface area contributed by atoms with Gasteiger partial charge in [0, 0.05) is 5.92 Å². The second-order valence-electron chi connectivity index (χ2n) is 5.01. The van der Waals surface area contributed by atoms with Crippen molar-refractivity contribution in [1.82, 2.24) is 0 Å². The lowest BCUT2D eigenvalue weighted by molar-refractivity contribution is -0.122. The summed E-state index contributed by atoms with van der Waals surface area (Å²) in [7, 11) is 0. The minimum atomic E-state index is -0.142. The zero-order valence-corrected chi connectivity index (χ0v) is 11.5. The molecule has 0 aliphatic carbocycles. The molecule has 0 bridgehead atoms. The first-order valence-electron chi connectivity index (χ1n) is 7.31. The average Bonchev–Trinajstić information content (AvgIpc) is 2.31. The SMILES string of the molecule is [CH2]CCC(CCCCCCCCCC)C(N)=O. The lowest BCUT2D eigenvalue weighted by Crippen LogP contribution is -2.23. The Morgan fingerprint density at radius 3 is 2.00 bits per heavy atom. The number of unbranched alkanes of at least 4 members (excludes halogenated alkanes) is 7. The number of nitrogens with two attached hydrogens (primary N) is 1. The predicted octanol–water partition coefficient (Wildman–Crippen LogP) is 4.23. The van der Waals surface area contributed by atoms with Crippen molar-refractivity contribution in [2.24, 2.45) is 11.7 Å². The van der Waals surface area contributed by atoms with Gasteiger partial charge < -0.3 is 5.73 Å². The van der Waals surface area contributed by atoms with Crippen molar-refractivity contribution in [3.63, 3.8) is 0 Å². The molecule has 0 aliphatic heterocycles. The Kier molecular flexibility index (Phi) is 11.6. The fraction of sp³-hybridized carbons (Fsp3) is 0.867. The van der Waals surface area contributed by atoms with Crippen LogP contribution in [0.3, 0.4) is 0 Å². The Morgan fingerprint density at radius 2 is 1.53 bits per heavy atom. The quantitative estimate of drug-likeness (QED) is 0.510. The number of amides is 1. The van der Waals surface area contributed by atoms with Crippen LogP contribution < -0.4 is 5.73 Å². The van der Waals surface area contributed by atoms with Gasteiger partial charge in [-0.2, -0.15) is 0 Å². The van der Waals surface area contributed by atoms with Crippen LogP contribution in [0.25, 0.3) is 0 Å². The fourth-order valence-corrected chi connectivity index (χ4v) is 2.20. The van der Waals surface area contributed by atoms with E-state index in [1.54, 1.807) is 0 Å². The van der Waals surface area contributed by atoms with Crippen LogP contribution >= 0.6 is 0 Å². The van der Waals surface area contributed by atoms with Gasteiger partial charge in [-0.05, 0) is 12.8 Å². The molecule has 0 saturated heterocycles. The van der Waals surface area contributed by atoms with Gasteiger partial charge in [0.25, 0.3) is 0 Å². The van der Waals surface area contributed by atoms with Crippen LogP contribution in [-0.4, -0.2) is 5.91 Å². The predicted molar refractivity (Wildman–Crippen MR) is 74.5 cm³/mol. The molecule has 0 spiro atoms. The average molecular weight is 240 g/mol. The molecule has 1 amide bonds. The van der Waals surface area contributed by atoms with Gasteiger partial charge in [-0.3, -0.25) is 4.79 Å². The van der Waals surface area contributed by atoms with Crippen molar-refractivity contribution >= 4 is 5.91 Å². The second kappa shape index (κ2) is 11.9. The normalized spacial score (nSPS) is 12.6. The molecule has 0 heterocycles. The summed E-state index contributed by atoms with van der Waals surface area (Å²) in [5, 5.41) is 0. The number of rotatable bonds is 12. The summed E-state index contributed by atoms with van der Waals surface area (Å²) in [4.78, 5) is 11.1. The molecule has 0 aromatic heterocycles. The maximum Gasteiger partial charge on any atom is 0.220 e. The molecule has 0 aromatic rings. The van der Waals surface area contributed by atoms with Crippen molar-refractivity contribution in [2.75, 3.05) is 0 Å². The third-order valence-electron chi connectivity index (χ3n) is 3.36.